The van der Waals surface area contributed by atoms with Crippen LogP contribution in [-0.2, 0) is 4.74 Å². The Morgan fingerprint density at radius 2 is 2.06 bits per heavy atom. The molecule has 0 spiro atoms. The fourth-order valence-corrected chi connectivity index (χ4v) is 1.84. The first-order valence-corrected chi connectivity index (χ1v) is 6.47. The summed E-state index contributed by atoms with van der Waals surface area (Å²) < 4.78 is 29.1. The average molecular weight is 260 g/mol. The Balaban J connectivity index is 3.08. The van der Waals surface area contributed by atoms with E-state index in [1.165, 1.54) is 31.0 Å². The third kappa shape index (κ3) is 4.09. The van der Waals surface area contributed by atoms with E-state index < -0.39 is 0 Å². The monoisotopic (exact) mass is 260 g/mol. The number of halogens is 1. The van der Waals surface area contributed by atoms with Crippen molar-refractivity contribution in [2.45, 2.75) is 24.8 Å². The Kier molecular flexibility index (Phi) is 5.58. The summed E-state index contributed by atoms with van der Waals surface area (Å²) in [5.74, 6) is 0.576. The van der Waals surface area contributed by atoms with Crippen molar-refractivity contribution >= 4 is 11.8 Å². The van der Waals surface area contributed by atoms with Gasteiger partial charge in [0.1, 0.15) is 5.82 Å². The van der Waals surface area contributed by atoms with Gasteiger partial charge >= 0.3 is 0 Å². The topological polar surface area (TPSA) is 27.7 Å². The standard InChI is InChI=1S/C12H17FO3S/c1-8(2)16-12-10(15-7-14-3)5-9(13)6-11(12)17-4/h5-6,8H,7H2,1-4H3. The van der Waals surface area contributed by atoms with Gasteiger partial charge in [-0.3, -0.25) is 0 Å². The second-order valence-corrected chi connectivity index (χ2v) is 4.50. The third-order valence-corrected chi connectivity index (χ3v) is 2.63. The summed E-state index contributed by atoms with van der Waals surface area (Å²) in [6.45, 7) is 3.88. The van der Waals surface area contributed by atoms with Gasteiger partial charge in [-0.1, -0.05) is 0 Å². The van der Waals surface area contributed by atoms with Crippen LogP contribution in [-0.4, -0.2) is 26.3 Å². The van der Waals surface area contributed by atoms with Gasteiger partial charge < -0.3 is 14.2 Å². The fourth-order valence-electron chi connectivity index (χ4n) is 1.28. The zero-order chi connectivity index (χ0) is 12.8. The molecule has 0 radical (unpaired) electrons. The molecule has 0 atom stereocenters. The van der Waals surface area contributed by atoms with Gasteiger partial charge in [0.25, 0.3) is 0 Å². The van der Waals surface area contributed by atoms with Crippen molar-refractivity contribution in [1.29, 1.82) is 0 Å². The predicted octanol–water partition coefficient (Wildman–Crippen LogP) is 3.32. The number of hydrogen-bond acceptors (Lipinski definition) is 4. The highest BCUT2D eigenvalue weighted by atomic mass is 32.2. The van der Waals surface area contributed by atoms with Crippen LogP contribution in [0, 0.1) is 5.82 Å². The van der Waals surface area contributed by atoms with Crippen LogP contribution in [0.2, 0.25) is 0 Å². The highest BCUT2D eigenvalue weighted by Crippen LogP contribution is 2.38. The van der Waals surface area contributed by atoms with Crippen molar-refractivity contribution in [2.75, 3.05) is 20.2 Å². The number of thioether (sulfide) groups is 1. The number of methoxy groups -OCH3 is 1. The molecule has 0 aliphatic heterocycles. The van der Waals surface area contributed by atoms with Crippen LogP contribution in [0.3, 0.4) is 0 Å². The molecule has 3 nitrogen and oxygen atoms in total. The van der Waals surface area contributed by atoms with E-state index in [0.29, 0.717) is 16.4 Å². The molecule has 0 heterocycles. The van der Waals surface area contributed by atoms with Crippen LogP contribution in [0.25, 0.3) is 0 Å². The maximum atomic E-state index is 13.4. The van der Waals surface area contributed by atoms with E-state index in [1.807, 2.05) is 20.1 Å². The SMILES string of the molecule is COCOc1cc(F)cc(SC)c1OC(C)C. The quantitative estimate of drug-likeness (QED) is 0.579. The molecule has 96 valence electrons. The number of ether oxygens (including phenoxy) is 3. The van der Waals surface area contributed by atoms with Crippen LogP contribution >= 0.6 is 11.8 Å². The zero-order valence-corrected chi connectivity index (χ0v) is 11.3. The molecule has 1 aromatic carbocycles. The lowest BCUT2D eigenvalue weighted by Crippen LogP contribution is -2.09. The Labute approximate surface area is 105 Å². The van der Waals surface area contributed by atoms with Crippen molar-refractivity contribution in [3.8, 4) is 11.5 Å². The average Bonchev–Trinajstić information content (AvgIpc) is 2.28. The van der Waals surface area contributed by atoms with E-state index >= 15 is 0 Å². The minimum absolute atomic E-state index is 0.00347. The molecule has 0 aliphatic carbocycles. The minimum atomic E-state index is -0.350. The molecule has 0 N–H and O–H groups in total. The van der Waals surface area contributed by atoms with Gasteiger partial charge in [-0.15, -0.1) is 11.8 Å². The van der Waals surface area contributed by atoms with E-state index in [2.05, 4.69) is 0 Å². The Morgan fingerprint density at radius 3 is 2.59 bits per heavy atom. The molecule has 0 unspecified atom stereocenters. The molecular weight excluding hydrogens is 243 g/mol. The normalized spacial score (nSPS) is 10.7. The van der Waals surface area contributed by atoms with Crippen molar-refractivity contribution in [1.82, 2.24) is 0 Å². The first kappa shape index (κ1) is 14.1. The van der Waals surface area contributed by atoms with Crippen LogP contribution in [0.4, 0.5) is 4.39 Å². The van der Waals surface area contributed by atoms with Gasteiger partial charge in [-0.05, 0) is 26.2 Å². The van der Waals surface area contributed by atoms with Crippen LogP contribution in [0.5, 0.6) is 11.5 Å². The molecule has 5 heteroatoms. The molecule has 0 aliphatic rings. The number of benzene rings is 1. The maximum Gasteiger partial charge on any atom is 0.188 e. The highest BCUT2D eigenvalue weighted by Gasteiger charge is 2.15. The van der Waals surface area contributed by atoms with Gasteiger partial charge in [0.2, 0.25) is 0 Å². The van der Waals surface area contributed by atoms with Gasteiger partial charge in [0.15, 0.2) is 18.3 Å². The molecule has 0 saturated carbocycles. The van der Waals surface area contributed by atoms with E-state index in [0.717, 1.165) is 0 Å². The van der Waals surface area contributed by atoms with E-state index in [-0.39, 0.29) is 18.7 Å². The van der Waals surface area contributed by atoms with Crippen molar-refractivity contribution in [2.24, 2.45) is 0 Å². The largest absolute Gasteiger partial charge is 0.486 e. The summed E-state index contributed by atoms with van der Waals surface area (Å²) in [6.07, 6.45) is 1.86. The fraction of sp³-hybridized carbons (Fsp3) is 0.500. The lowest BCUT2D eigenvalue weighted by molar-refractivity contribution is 0.0470. The summed E-state index contributed by atoms with van der Waals surface area (Å²) in [5, 5.41) is 0. The molecule has 1 rings (SSSR count). The first-order valence-electron chi connectivity index (χ1n) is 5.24. The van der Waals surface area contributed by atoms with Crippen LogP contribution in [0.1, 0.15) is 13.8 Å². The lowest BCUT2D eigenvalue weighted by atomic mass is 10.3. The minimum Gasteiger partial charge on any atom is -0.486 e. The molecular formula is C12H17FO3S. The number of hydrogen-bond donors (Lipinski definition) is 0. The molecule has 0 amide bonds. The predicted molar refractivity (Wildman–Crippen MR) is 66.4 cm³/mol. The lowest BCUT2D eigenvalue weighted by Gasteiger charge is -2.17. The van der Waals surface area contributed by atoms with Gasteiger partial charge in [0.05, 0.1) is 11.0 Å². The van der Waals surface area contributed by atoms with Crippen LogP contribution < -0.4 is 9.47 Å². The summed E-state index contributed by atoms with van der Waals surface area (Å²) >= 11 is 1.41. The van der Waals surface area contributed by atoms with Gasteiger partial charge in [-0.2, -0.15) is 0 Å². The van der Waals surface area contributed by atoms with E-state index in [9.17, 15) is 4.39 Å². The summed E-state index contributed by atoms with van der Waals surface area (Å²) in [6, 6.07) is 2.73. The van der Waals surface area contributed by atoms with E-state index in [1.54, 1.807) is 0 Å². The zero-order valence-electron chi connectivity index (χ0n) is 10.5. The smallest absolute Gasteiger partial charge is 0.188 e. The molecule has 1 aromatic rings. The van der Waals surface area contributed by atoms with Crippen LogP contribution in [0.15, 0.2) is 17.0 Å². The van der Waals surface area contributed by atoms with E-state index in [4.69, 9.17) is 14.2 Å². The summed E-state index contributed by atoms with van der Waals surface area (Å²) in [4.78, 5) is 0.713. The molecule has 0 fully saturated rings. The molecule has 17 heavy (non-hydrogen) atoms. The second kappa shape index (κ2) is 6.71. The molecule has 0 saturated heterocycles. The van der Waals surface area contributed by atoms with Gasteiger partial charge in [0, 0.05) is 13.2 Å². The maximum absolute atomic E-state index is 13.4. The Bertz CT molecular complexity index is 369. The van der Waals surface area contributed by atoms with Gasteiger partial charge in [-0.25, -0.2) is 4.39 Å². The van der Waals surface area contributed by atoms with Crippen molar-refractivity contribution < 1.29 is 18.6 Å². The summed E-state index contributed by atoms with van der Waals surface area (Å²) in [7, 11) is 1.51. The Morgan fingerprint density at radius 1 is 1.35 bits per heavy atom. The number of rotatable bonds is 6. The Hall–Kier alpha value is -0.940. The highest BCUT2D eigenvalue weighted by molar-refractivity contribution is 7.98. The molecule has 0 bridgehead atoms. The second-order valence-electron chi connectivity index (χ2n) is 3.65. The summed E-state index contributed by atoms with van der Waals surface area (Å²) in [5.41, 5.74) is 0. The molecule has 0 aromatic heterocycles. The third-order valence-electron chi connectivity index (χ3n) is 1.89. The van der Waals surface area contributed by atoms with Crippen molar-refractivity contribution in [3.05, 3.63) is 17.9 Å². The first-order chi connectivity index (χ1) is 8.08. The van der Waals surface area contributed by atoms with Crippen molar-refractivity contribution in [3.63, 3.8) is 0 Å².